The maximum Gasteiger partial charge on any atom is 0.242 e. The summed E-state index contributed by atoms with van der Waals surface area (Å²) in [7, 11) is 0. The minimum absolute atomic E-state index is 0.113. The smallest absolute Gasteiger partial charge is 0.242 e. The van der Waals surface area contributed by atoms with Crippen molar-refractivity contribution in [3.8, 4) is 0 Å². The van der Waals surface area contributed by atoms with E-state index in [1.807, 2.05) is 0 Å². The third-order valence-electron chi connectivity index (χ3n) is 3.23. The highest BCUT2D eigenvalue weighted by molar-refractivity contribution is 5.89. The Morgan fingerprint density at radius 1 is 1.38 bits per heavy atom. The molecule has 1 rings (SSSR count). The van der Waals surface area contributed by atoms with Gasteiger partial charge < -0.3 is 16.8 Å². The lowest BCUT2D eigenvalue weighted by Gasteiger charge is -2.24. The van der Waals surface area contributed by atoms with Crippen molar-refractivity contribution < 1.29 is 9.59 Å². The summed E-state index contributed by atoms with van der Waals surface area (Å²) in [5.74, 6) is -0.439. The molecular formula is C11H21N3O2. The number of amides is 2. The first-order valence-corrected chi connectivity index (χ1v) is 5.69. The van der Waals surface area contributed by atoms with Crippen LogP contribution < -0.4 is 16.8 Å². The van der Waals surface area contributed by atoms with E-state index in [0.717, 1.165) is 19.3 Å². The van der Waals surface area contributed by atoms with Gasteiger partial charge in [0, 0.05) is 12.5 Å². The molecule has 0 aromatic heterocycles. The quantitative estimate of drug-likeness (QED) is 0.624. The number of hydrogen-bond donors (Lipinski definition) is 3. The van der Waals surface area contributed by atoms with Gasteiger partial charge >= 0.3 is 0 Å². The van der Waals surface area contributed by atoms with E-state index in [2.05, 4.69) is 5.32 Å². The first kappa shape index (κ1) is 13.0. The van der Waals surface area contributed by atoms with E-state index < -0.39 is 11.4 Å². The maximum atomic E-state index is 11.7. The highest BCUT2D eigenvalue weighted by Gasteiger charge is 2.30. The Hall–Kier alpha value is -1.10. The number of primary amides is 1. The molecule has 16 heavy (non-hydrogen) atoms. The van der Waals surface area contributed by atoms with E-state index in [1.165, 1.54) is 0 Å². The Bertz CT molecular complexity index is 289. The fourth-order valence-corrected chi connectivity index (χ4v) is 2.02. The molecule has 1 aliphatic carbocycles. The summed E-state index contributed by atoms with van der Waals surface area (Å²) >= 11 is 0. The van der Waals surface area contributed by atoms with Crippen molar-refractivity contribution in [2.24, 2.45) is 17.4 Å². The van der Waals surface area contributed by atoms with Gasteiger partial charge in [0.05, 0.1) is 0 Å². The lowest BCUT2D eigenvalue weighted by Crippen LogP contribution is -2.53. The van der Waals surface area contributed by atoms with E-state index in [1.54, 1.807) is 13.8 Å². The minimum atomic E-state index is -0.986. The van der Waals surface area contributed by atoms with Gasteiger partial charge in [-0.1, -0.05) is 6.42 Å². The second kappa shape index (κ2) is 4.82. The first-order valence-electron chi connectivity index (χ1n) is 5.69. The van der Waals surface area contributed by atoms with Crippen LogP contribution in [0.5, 0.6) is 0 Å². The molecule has 0 aromatic rings. The van der Waals surface area contributed by atoms with Gasteiger partial charge in [-0.15, -0.1) is 0 Å². The third-order valence-corrected chi connectivity index (χ3v) is 3.23. The Labute approximate surface area is 95.9 Å². The van der Waals surface area contributed by atoms with Crippen molar-refractivity contribution in [2.75, 3.05) is 0 Å². The molecule has 0 saturated heterocycles. The molecule has 0 aromatic carbocycles. The monoisotopic (exact) mass is 227 g/mol. The van der Waals surface area contributed by atoms with Crippen molar-refractivity contribution in [2.45, 2.75) is 51.1 Å². The zero-order chi connectivity index (χ0) is 12.3. The summed E-state index contributed by atoms with van der Waals surface area (Å²) in [6.07, 6.45) is 3.44. The van der Waals surface area contributed by atoms with E-state index in [4.69, 9.17) is 11.5 Å². The summed E-state index contributed by atoms with van der Waals surface area (Å²) in [4.78, 5) is 22.7. The van der Waals surface area contributed by atoms with E-state index in [0.29, 0.717) is 6.42 Å². The van der Waals surface area contributed by atoms with Crippen molar-refractivity contribution >= 4 is 11.8 Å². The van der Waals surface area contributed by atoms with Crippen LogP contribution in [0.15, 0.2) is 0 Å². The van der Waals surface area contributed by atoms with Crippen LogP contribution in [0.1, 0.15) is 39.5 Å². The molecule has 92 valence electrons. The van der Waals surface area contributed by atoms with Crippen LogP contribution in [0, 0.1) is 5.92 Å². The van der Waals surface area contributed by atoms with Crippen molar-refractivity contribution in [3.05, 3.63) is 0 Å². The molecule has 5 N–H and O–H groups in total. The summed E-state index contributed by atoms with van der Waals surface area (Å²) in [6, 6.07) is 0.113. The van der Waals surface area contributed by atoms with Gasteiger partial charge in [-0.05, 0) is 32.6 Å². The standard InChI is InChI=1S/C11H21N3O2/c1-11(2,10(13)16)14-9(15)6-7-4-3-5-8(7)12/h7-8H,3-6,12H2,1-2H3,(H2,13,16)(H,14,15)/t7-,8+/m0/s1. The normalized spacial score (nSPS) is 25.4. The number of nitrogens with two attached hydrogens (primary N) is 2. The second-order valence-electron chi connectivity index (χ2n) is 5.10. The minimum Gasteiger partial charge on any atom is -0.368 e. The van der Waals surface area contributed by atoms with Gasteiger partial charge in [-0.25, -0.2) is 0 Å². The van der Waals surface area contributed by atoms with Crippen LogP contribution in [0.3, 0.4) is 0 Å². The molecule has 1 saturated carbocycles. The number of carbonyl (C=O) groups is 2. The number of rotatable bonds is 4. The Kier molecular flexibility index (Phi) is 3.91. The summed E-state index contributed by atoms with van der Waals surface area (Å²) in [6.45, 7) is 3.20. The second-order valence-corrected chi connectivity index (χ2v) is 5.10. The molecule has 0 aliphatic heterocycles. The lowest BCUT2D eigenvalue weighted by molar-refractivity contribution is -0.130. The zero-order valence-electron chi connectivity index (χ0n) is 9.95. The van der Waals surface area contributed by atoms with Gasteiger partial charge in [-0.3, -0.25) is 9.59 Å². The average Bonchev–Trinajstić information content (AvgIpc) is 2.50. The van der Waals surface area contributed by atoms with Gasteiger partial charge in [0.1, 0.15) is 5.54 Å². The maximum absolute atomic E-state index is 11.7. The molecule has 1 fully saturated rings. The van der Waals surface area contributed by atoms with Gasteiger partial charge in [-0.2, -0.15) is 0 Å². The van der Waals surface area contributed by atoms with Crippen molar-refractivity contribution in [1.82, 2.24) is 5.32 Å². The van der Waals surface area contributed by atoms with E-state index in [-0.39, 0.29) is 17.9 Å². The van der Waals surface area contributed by atoms with Crippen LogP contribution in [-0.2, 0) is 9.59 Å². The fraction of sp³-hybridized carbons (Fsp3) is 0.818. The van der Waals surface area contributed by atoms with Crippen LogP contribution in [0.4, 0.5) is 0 Å². The molecule has 0 heterocycles. The van der Waals surface area contributed by atoms with Crippen molar-refractivity contribution in [3.63, 3.8) is 0 Å². The Morgan fingerprint density at radius 3 is 2.44 bits per heavy atom. The molecule has 2 atom stereocenters. The summed E-state index contributed by atoms with van der Waals surface area (Å²) in [5.41, 5.74) is 10.1. The van der Waals surface area contributed by atoms with Crippen molar-refractivity contribution in [1.29, 1.82) is 0 Å². The van der Waals surface area contributed by atoms with Crippen LogP contribution >= 0.6 is 0 Å². The average molecular weight is 227 g/mol. The van der Waals surface area contributed by atoms with Gasteiger partial charge in [0.15, 0.2) is 0 Å². The highest BCUT2D eigenvalue weighted by Crippen LogP contribution is 2.26. The fourth-order valence-electron chi connectivity index (χ4n) is 2.02. The number of carbonyl (C=O) groups excluding carboxylic acids is 2. The van der Waals surface area contributed by atoms with Crippen LogP contribution in [0.25, 0.3) is 0 Å². The first-order chi connectivity index (χ1) is 7.33. The number of nitrogens with one attached hydrogen (secondary N) is 1. The molecule has 2 amide bonds. The molecule has 0 radical (unpaired) electrons. The predicted molar refractivity (Wildman–Crippen MR) is 61.3 cm³/mol. The SMILES string of the molecule is CC(C)(NC(=O)C[C@@H]1CCC[C@H]1N)C(N)=O. The topological polar surface area (TPSA) is 98.2 Å². The molecule has 0 spiro atoms. The summed E-state index contributed by atoms with van der Waals surface area (Å²) in [5, 5.41) is 2.63. The van der Waals surface area contributed by atoms with E-state index in [9.17, 15) is 9.59 Å². The molecule has 1 aliphatic rings. The van der Waals surface area contributed by atoms with Crippen LogP contribution in [0.2, 0.25) is 0 Å². The zero-order valence-corrected chi connectivity index (χ0v) is 9.95. The molecule has 5 nitrogen and oxygen atoms in total. The van der Waals surface area contributed by atoms with E-state index >= 15 is 0 Å². The molecule has 0 unspecified atom stereocenters. The number of hydrogen-bond acceptors (Lipinski definition) is 3. The lowest BCUT2D eigenvalue weighted by atomic mass is 9.98. The van der Waals surface area contributed by atoms with Gasteiger partial charge in [0.2, 0.25) is 11.8 Å². The molecule has 0 bridgehead atoms. The molecule has 5 heteroatoms. The Balaban J connectivity index is 2.44. The largest absolute Gasteiger partial charge is 0.368 e. The predicted octanol–water partition coefficient (Wildman–Crippen LogP) is -0.116. The molecular weight excluding hydrogens is 206 g/mol. The van der Waals surface area contributed by atoms with Crippen LogP contribution in [-0.4, -0.2) is 23.4 Å². The highest BCUT2D eigenvalue weighted by atomic mass is 16.2. The summed E-state index contributed by atoms with van der Waals surface area (Å²) < 4.78 is 0. The Morgan fingerprint density at radius 2 is 2.00 bits per heavy atom. The van der Waals surface area contributed by atoms with Gasteiger partial charge in [0.25, 0.3) is 0 Å². The third kappa shape index (κ3) is 3.20.